The highest BCUT2D eigenvalue weighted by Gasteiger charge is 2.46. The maximum absolute atomic E-state index is 12.3. The number of carbonyl (C=O) groups excluding carboxylic acids is 2. The third kappa shape index (κ3) is 5.79. The predicted molar refractivity (Wildman–Crippen MR) is 110 cm³/mol. The first-order valence-corrected chi connectivity index (χ1v) is 9.73. The van der Waals surface area contributed by atoms with Crippen LogP contribution in [0.3, 0.4) is 0 Å². The minimum absolute atomic E-state index is 0.395. The van der Waals surface area contributed by atoms with Gasteiger partial charge in [0.05, 0.1) is 5.56 Å². The van der Waals surface area contributed by atoms with E-state index in [0.29, 0.717) is 0 Å². The van der Waals surface area contributed by atoms with Crippen LogP contribution < -0.4 is 0 Å². The van der Waals surface area contributed by atoms with E-state index in [2.05, 4.69) is 0 Å². The second-order valence-electron chi connectivity index (χ2n) is 7.16. The van der Waals surface area contributed by atoms with E-state index < -0.39 is 72.1 Å². The average Bonchev–Trinajstić information content (AvgIpc) is 2.81. The molecule has 0 spiro atoms. The number of benzene rings is 2. The fraction of sp³-hybridized carbons (Fsp3) is 0.273. The molecular formula is C22H22O11. The number of aliphatic hydroxyl groups is 3. The Morgan fingerprint density at radius 2 is 1.58 bits per heavy atom. The molecule has 1 aliphatic heterocycles. The van der Waals surface area contributed by atoms with Crippen molar-refractivity contribution in [3.63, 3.8) is 0 Å². The zero-order valence-electron chi connectivity index (χ0n) is 17.0. The van der Waals surface area contributed by atoms with E-state index in [9.17, 15) is 40.2 Å². The molecule has 1 heterocycles. The SMILES string of the molecule is O=C(C=Cc1ccccc1)OC[C@@H]1O[C@@H](OC(=O)c2cc(O)c(O)c(O)c2)[C@H](O)[C@@H](O)[C@@H]1O. The number of esters is 2. The molecule has 0 bridgehead atoms. The molecule has 2 aromatic rings. The van der Waals surface area contributed by atoms with E-state index in [0.717, 1.165) is 23.8 Å². The summed E-state index contributed by atoms with van der Waals surface area (Å²) in [7, 11) is 0. The van der Waals surface area contributed by atoms with Crippen molar-refractivity contribution < 1.29 is 54.4 Å². The average molecular weight is 462 g/mol. The molecule has 1 aliphatic rings. The second-order valence-corrected chi connectivity index (χ2v) is 7.16. The summed E-state index contributed by atoms with van der Waals surface area (Å²) in [4.78, 5) is 24.2. The molecule has 6 N–H and O–H groups in total. The summed E-state index contributed by atoms with van der Waals surface area (Å²) in [5.41, 5.74) is 0.355. The number of aliphatic hydroxyl groups excluding tert-OH is 3. The van der Waals surface area contributed by atoms with Crippen LogP contribution >= 0.6 is 0 Å². The number of phenolic OH excluding ortho intramolecular Hbond substituents is 3. The van der Waals surface area contributed by atoms with Gasteiger partial charge in [-0.05, 0) is 23.8 Å². The summed E-state index contributed by atoms with van der Waals surface area (Å²) in [6.07, 6.45) is -5.80. The van der Waals surface area contributed by atoms with Gasteiger partial charge in [-0.1, -0.05) is 30.3 Å². The molecule has 0 amide bonds. The topological polar surface area (TPSA) is 183 Å². The number of rotatable bonds is 6. The van der Waals surface area contributed by atoms with Gasteiger partial charge in [0.15, 0.2) is 17.2 Å². The molecule has 3 rings (SSSR count). The fourth-order valence-electron chi connectivity index (χ4n) is 2.99. The highest BCUT2D eigenvalue weighted by molar-refractivity contribution is 5.91. The first-order valence-electron chi connectivity index (χ1n) is 9.73. The fourth-order valence-corrected chi connectivity index (χ4v) is 2.99. The minimum Gasteiger partial charge on any atom is -0.504 e. The summed E-state index contributed by atoms with van der Waals surface area (Å²) in [5, 5.41) is 58.7. The summed E-state index contributed by atoms with van der Waals surface area (Å²) in [6, 6.07) is 10.5. The molecule has 0 aromatic heterocycles. The number of carbonyl (C=O) groups is 2. The quantitative estimate of drug-likeness (QED) is 0.193. The van der Waals surface area contributed by atoms with E-state index >= 15 is 0 Å². The van der Waals surface area contributed by atoms with Gasteiger partial charge in [-0.25, -0.2) is 9.59 Å². The molecule has 1 saturated heterocycles. The number of ether oxygens (including phenoxy) is 3. The van der Waals surface area contributed by atoms with Crippen molar-refractivity contribution in [3.8, 4) is 17.2 Å². The van der Waals surface area contributed by atoms with Gasteiger partial charge < -0.3 is 44.8 Å². The molecule has 11 heteroatoms. The summed E-state index contributed by atoms with van der Waals surface area (Å²) in [6.45, 7) is -0.530. The molecule has 0 saturated carbocycles. The van der Waals surface area contributed by atoms with Crippen molar-refractivity contribution in [1.82, 2.24) is 0 Å². The molecule has 11 nitrogen and oxygen atoms in total. The Bertz CT molecular complexity index is 997. The summed E-state index contributed by atoms with van der Waals surface area (Å²) in [5.74, 6) is -4.39. The van der Waals surface area contributed by atoms with Crippen LogP contribution in [-0.2, 0) is 19.0 Å². The van der Waals surface area contributed by atoms with Crippen LogP contribution in [0.5, 0.6) is 17.2 Å². The maximum Gasteiger partial charge on any atom is 0.340 e. The standard InChI is InChI=1S/C22H22O11/c23-13-8-12(9-14(24)17(13)26)21(30)33-22-20(29)19(28)18(27)15(32-22)10-31-16(25)7-6-11-4-2-1-3-5-11/h1-9,15,18-20,22-24,26-29H,10H2/t15-,18+,19-,20+,22-/m0/s1. The molecule has 1 fully saturated rings. The Balaban J connectivity index is 1.62. The Kier molecular flexibility index (Phi) is 7.51. The van der Waals surface area contributed by atoms with Gasteiger partial charge in [-0.15, -0.1) is 0 Å². The van der Waals surface area contributed by atoms with Crippen molar-refractivity contribution in [2.75, 3.05) is 6.61 Å². The van der Waals surface area contributed by atoms with Crippen molar-refractivity contribution in [1.29, 1.82) is 0 Å². The van der Waals surface area contributed by atoms with Gasteiger partial charge in [-0.3, -0.25) is 0 Å². The third-order valence-electron chi connectivity index (χ3n) is 4.80. The van der Waals surface area contributed by atoms with E-state index in [1.54, 1.807) is 24.3 Å². The first-order chi connectivity index (χ1) is 15.7. The highest BCUT2D eigenvalue weighted by Crippen LogP contribution is 2.36. The van der Waals surface area contributed by atoms with E-state index in [-0.39, 0.29) is 0 Å². The predicted octanol–water partition coefficient (Wildman–Crippen LogP) is 0.0244. The van der Waals surface area contributed by atoms with Gasteiger partial charge in [0.2, 0.25) is 6.29 Å². The lowest BCUT2D eigenvalue weighted by molar-refractivity contribution is -0.285. The summed E-state index contributed by atoms with van der Waals surface area (Å²) < 4.78 is 15.3. The van der Waals surface area contributed by atoms with E-state index in [1.807, 2.05) is 6.07 Å². The number of aromatic hydroxyl groups is 3. The van der Waals surface area contributed by atoms with E-state index in [1.165, 1.54) is 6.08 Å². The Morgan fingerprint density at radius 1 is 0.939 bits per heavy atom. The molecular weight excluding hydrogens is 440 g/mol. The van der Waals surface area contributed by atoms with Gasteiger partial charge >= 0.3 is 11.9 Å². The Labute approximate surface area is 187 Å². The monoisotopic (exact) mass is 462 g/mol. The lowest BCUT2D eigenvalue weighted by Gasteiger charge is -2.39. The van der Waals surface area contributed by atoms with E-state index in [4.69, 9.17) is 14.2 Å². The molecule has 176 valence electrons. The number of phenols is 3. The normalized spacial score (nSPS) is 25.0. The van der Waals surface area contributed by atoms with Crippen molar-refractivity contribution in [2.45, 2.75) is 30.7 Å². The molecule has 0 unspecified atom stereocenters. The second kappa shape index (κ2) is 10.3. The number of hydrogen-bond acceptors (Lipinski definition) is 11. The lowest BCUT2D eigenvalue weighted by Crippen LogP contribution is -2.59. The zero-order chi connectivity index (χ0) is 24.1. The van der Waals surface area contributed by atoms with Crippen LogP contribution in [0.1, 0.15) is 15.9 Å². The molecule has 0 aliphatic carbocycles. The highest BCUT2D eigenvalue weighted by atomic mass is 16.7. The third-order valence-corrected chi connectivity index (χ3v) is 4.80. The van der Waals surface area contributed by atoms with Gasteiger partial charge in [0, 0.05) is 6.08 Å². The first kappa shape index (κ1) is 24.0. The minimum atomic E-state index is -1.85. The van der Waals surface area contributed by atoms with Crippen molar-refractivity contribution in [2.24, 2.45) is 0 Å². The Hall–Kier alpha value is -3.64. The zero-order valence-corrected chi connectivity index (χ0v) is 17.0. The van der Waals surface area contributed by atoms with Crippen molar-refractivity contribution >= 4 is 18.0 Å². The van der Waals surface area contributed by atoms with Crippen LogP contribution in [0, 0.1) is 0 Å². The molecule has 5 atom stereocenters. The largest absolute Gasteiger partial charge is 0.504 e. The van der Waals surface area contributed by atoms with Gasteiger partial charge in [0.25, 0.3) is 0 Å². The van der Waals surface area contributed by atoms with Crippen LogP contribution in [0.2, 0.25) is 0 Å². The van der Waals surface area contributed by atoms with Crippen LogP contribution in [0.15, 0.2) is 48.5 Å². The Morgan fingerprint density at radius 3 is 2.21 bits per heavy atom. The lowest BCUT2D eigenvalue weighted by atomic mass is 9.99. The molecule has 33 heavy (non-hydrogen) atoms. The smallest absolute Gasteiger partial charge is 0.340 e. The summed E-state index contributed by atoms with van der Waals surface area (Å²) >= 11 is 0. The number of hydrogen-bond donors (Lipinski definition) is 6. The van der Waals surface area contributed by atoms with Gasteiger partial charge in [-0.2, -0.15) is 0 Å². The van der Waals surface area contributed by atoms with Crippen LogP contribution in [0.4, 0.5) is 0 Å². The van der Waals surface area contributed by atoms with Crippen LogP contribution in [0.25, 0.3) is 6.08 Å². The van der Waals surface area contributed by atoms with Crippen LogP contribution in [-0.4, -0.2) is 79.9 Å². The molecule has 2 aromatic carbocycles. The van der Waals surface area contributed by atoms with Crippen molar-refractivity contribution in [3.05, 3.63) is 59.7 Å². The van der Waals surface area contributed by atoms with Gasteiger partial charge in [0.1, 0.15) is 31.0 Å². The molecule has 0 radical (unpaired) electrons. The maximum atomic E-state index is 12.3.